The van der Waals surface area contributed by atoms with Crippen molar-refractivity contribution in [2.45, 2.75) is 32.1 Å². The molecule has 0 N–H and O–H groups in total. The first kappa shape index (κ1) is 32.3. The second-order valence-electron chi connectivity index (χ2n) is 10.5. The first-order valence-corrected chi connectivity index (χ1v) is 15.5. The molecular formula is C37H34N8O2. The molecule has 2 aromatic heterocycles. The maximum Gasteiger partial charge on any atom is 0.195 e. The van der Waals surface area contributed by atoms with E-state index in [2.05, 4.69) is 25.0 Å². The molecule has 0 radical (unpaired) electrons. The fourth-order valence-corrected chi connectivity index (χ4v) is 4.95. The second-order valence-corrected chi connectivity index (χ2v) is 10.5. The van der Waals surface area contributed by atoms with Crippen LogP contribution in [0, 0.1) is 0 Å². The van der Waals surface area contributed by atoms with Gasteiger partial charge in [-0.2, -0.15) is 0 Å². The Morgan fingerprint density at radius 3 is 1.23 bits per heavy atom. The number of oxazole rings is 2. The molecule has 6 aromatic rings. The Morgan fingerprint density at radius 2 is 0.830 bits per heavy atom. The van der Waals surface area contributed by atoms with Gasteiger partial charge in [-0.05, 0) is 30.3 Å². The predicted molar refractivity (Wildman–Crippen MR) is 184 cm³/mol. The lowest BCUT2D eigenvalue weighted by atomic mass is 10.1. The Labute approximate surface area is 273 Å². The van der Waals surface area contributed by atoms with E-state index in [0.717, 1.165) is 64.4 Å². The third kappa shape index (κ3) is 9.22. The summed E-state index contributed by atoms with van der Waals surface area (Å²) in [7, 11) is 0. The highest BCUT2D eigenvalue weighted by Gasteiger charge is 2.17. The molecule has 0 bridgehead atoms. The summed E-state index contributed by atoms with van der Waals surface area (Å²) in [5, 5.41) is 7.09. The zero-order valence-corrected chi connectivity index (χ0v) is 25.9. The first-order chi connectivity index (χ1) is 23.3. The van der Waals surface area contributed by atoms with E-state index in [1.165, 1.54) is 0 Å². The molecule has 10 nitrogen and oxygen atoms in total. The van der Waals surface area contributed by atoms with Gasteiger partial charge in [0.15, 0.2) is 23.3 Å². The van der Waals surface area contributed by atoms with Crippen molar-refractivity contribution in [2.75, 3.05) is 13.1 Å². The van der Waals surface area contributed by atoms with E-state index in [9.17, 15) is 0 Å². The molecule has 0 amide bonds. The van der Waals surface area contributed by atoms with Crippen molar-refractivity contribution in [3.63, 3.8) is 0 Å². The minimum atomic E-state index is 0.445. The number of aryl methyl sites for hydroxylation is 2. The molecule has 4 aromatic carbocycles. The SMILES string of the molecule is [N-]=[N+]=NCCCCc1nc(-c2ccccc2)c(-c2ccccc2)o1.[N-]=[N+]=NCCCc1nc(-c2ccccc2)c(-c2ccccc2)o1. The quantitative estimate of drug-likeness (QED) is 0.0544. The van der Waals surface area contributed by atoms with Crippen molar-refractivity contribution in [3.8, 4) is 45.2 Å². The first-order valence-electron chi connectivity index (χ1n) is 15.5. The maximum absolute atomic E-state index is 8.33. The minimum Gasteiger partial charge on any atom is -0.440 e. The summed E-state index contributed by atoms with van der Waals surface area (Å²) in [6.07, 6.45) is 3.79. The van der Waals surface area contributed by atoms with Crippen LogP contribution in [0.5, 0.6) is 0 Å². The van der Waals surface area contributed by atoms with E-state index in [0.29, 0.717) is 37.7 Å². The molecule has 0 unspecified atom stereocenters. The number of rotatable bonds is 13. The molecule has 2 heterocycles. The van der Waals surface area contributed by atoms with Gasteiger partial charge in [0.05, 0.1) is 0 Å². The monoisotopic (exact) mass is 622 g/mol. The van der Waals surface area contributed by atoms with Gasteiger partial charge < -0.3 is 8.83 Å². The molecule has 234 valence electrons. The van der Waals surface area contributed by atoms with E-state index >= 15 is 0 Å². The van der Waals surface area contributed by atoms with Crippen LogP contribution in [-0.2, 0) is 12.8 Å². The molecule has 0 aliphatic carbocycles. The molecule has 10 heteroatoms. The number of aromatic nitrogens is 2. The van der Waals surface area contributed by atoms with E-state index < -0.39 is 0 Å². The fourth-order valence-electron chi connectivity index (χ4n) is 4.95. The van der Waals surface area contributed by atoms with Crippen molar-refractivity contribution in [2.24, 2.45) is 10.2 Å². The highest BCUT2D eigenvalue weighted by molar-refractivity contribution is 5.77. The van der Waals surface area contributed by atoms with Crippen LogP contribution in [0.3, 0.4) is 0 Å². The summed E-state index contributed by atoms with van der Waals surface area (Å²) in [5.74, 6) is 2.95. The molecule has 0 spiro atoms. The molecule has 47 heavy (non-hydrogen) atoms. The Kier molecular flexibility index (Phi) is 12.0. The van der Waals surface area contributed by atoms with Crippen molar-refractivity contribution in [3.05, 3.63) is 154 Å². The van der Waals surface area contributed by atoms with Crippen LogP contribution >= 0.6 is 0 Å². The van der Waals surface area contributed by atoms with Crippen LogP contribution < -0.4 is 0 Å². The Bertz CT molecular complexity index is 1800. The largest absolute Gasteiger partial charge is 0.440 e. The third-order valence-corrected chi connectivity index (χ3v) is 7.18. The minimum absolute atomic E-state index is 0.445. The smallest absolute Gasteiger partial charge is 0.195 e. The molecule has 0 aliphatic heterocycles. The van der Waals surface area contributed by atoms with Crippen molar-refractivity contribution < 1.29 is 8.83 Å². The van der Waals surface area contributed by atoms with Crippen molar-refractivity contribution in [1.29, 1.82) is 0 Å². The average molecular weight is 623 g/mol. The number of nitrogens with zero attached hydrogens (tertiary/aromatic N) is 8. The number of hydrogen-bond donors (Lipinski definition) is 0. The fraction of sp³-hybridized carbons (Fsp3) is 0.189. The Morgan fingerprint density at radius 1 is 0.468 bits per heavy atom. The Balaban J connectivity index is 0.000000185. The number of unbranched alkanes of at least 4 members (excludes halogenated alkanes) is 1. The normalized spacial score (nSPS) is 10.3. The maximum atomic E-state index is 8.33. The summed E-state index contributed by atoms with van der Waals surface area (Å²) >= 11 is 0. The number of azide groups is 2. The van der Waals surface area contributed by atoms with Gasteiger partial charge in [-0.3, -0.25) is 0 Å². The molecule has 0 saturated heterocycles. The van der Waals surface area contributed by atoms with Crippen LogP contribution in [0.25, 0.3) is 66.0 Å². The molecule has 0 aliphatic rings. The number of benzene rings is 4. The summed E-state index contributed by atoms with van der Waals surface area (Å²) in [6.45, 7) is 0.953. The van der Waals surface area contributed by atoms with Gasteiger partial charge in [0.2, 0.25) is 0 Å². The van der Waals surface area contributed by atoms with Gasteiger partial charge in [-0.1, -0.05) is 132 Å². The van der Waals surface area contributed by atoms with Crippen molar-refractivity contribution >= 4 is 0 Å². The lowest BCUT2D eigenvalue weighted by Gasteiger charge is -2.00. The highest BCUT2D eigenvalue weighted by Crippen LogP contribution is 2.34. The van der Waals surface area contributed by atoms with E-state index in [-0.39, 0.29) is 0 Å². The topological polar surface area (TPSA) is 150 Å². The van der Waals surface area contributed by atoms with E-state index in [1.807, 2.05) is 121 Å². The molecule has 0 saturated carbocycles. The van der Waals surface area contributed by atoms with Gasteiger partial charge in [0.1, 0.15) is 11.4 Å². The summed E-state index contributed by atoms with van der Waals surface area (Å²) in [5.41, 5.74) is 22.4. The lowest BCUT2D eigenvalue weighted by Crippen LogP contribution is -1.88. The molecule has 0 atom stereocenters. The summed E-state index contributed by atoms with van der Waals surface area (Å²) in [4.78, 5) is 14.9. The highest BCUT2D eigenvalue weighted by atomic mass is 16.4. The second kappa shape index (κ2) is 17.4. The lowest BCUT2D eigenvalue weighted by molar-refractivity contribution is 0.494. The standard InChI is InChI=1S/C19H18N4O.C18H16N4O/c20-23-21-14-8-7-13-17-22-18(15-9-3-1-4-10-15)19(24-17)16-11-5-2-6-12-16;19-22-20-13-7-12-16-21-17(14-8-3-1-4-9-14)18(23-16)15-10-5-2-6-11-15/h1-6,9-12H,7-8,13-14H2;1-6,8-11H,7,12-13H2. The van der Waals surface area contributed by atoms with Gasteiger partial charge in [0, 0.05) is 58.0 Å². The zero-order valence-electron chi connectivity index (χ0n) is 25.9. The average Bonchev–Trinajstić information content (AvgIpc) is 3.77. The van der Waals surface area contributed by atoms with Gasteiger partial charge >= 0.3 is 0 Å². The molecular weight excluding hydrogens is 588 g/mol. The van der Waals surface area contributed by atoms with Crippen LogP contribution in [0.1, 0.15) is 31.0 Å². The van der Waals surface area contributed by atoms with Gasteiger partial charge in [-0.15, -0.1) is 0 Å². The molecule has 6 rings (SSSR count). The summed E-state index contributed by atoms with van der Waals surface area (Å²) < 4.78 is 12.0. The van der Waals surface area contributed by atoms with E-state index in [1.54, 1.807) is 0 Å². The van der Waals surface area contributed by atoms with Crippen LogP contribution in [-0.4, -0.2) is 23.1 Å². The van der Waals surface area contributed by atoms with E-state index in [4.69, 9.17) is 24.9 Å². The van der Waals surface area contributed by atoms with Gasteiger partial charge in [-0.25, -0.2) is 9.97 Å². The predicted octanol–water partition coefficient (Wildman–Crippen LogP) is 10.9. The third-order valence-electron chi connectivity index (χ3n) is 7.18. The molecule has 0 fully saturated rings. The zero-order chi connectivity index (χ0) is 32.5. The van der Waals surface area contributed by atoms with Crippen LogP contribution in [0.2, 0.25) is 0 Å². The Hall–Kier alpha value is -6.08. The van der Waals surface area contributed by atoms with Crippen molar-refractivity contribution in [1.82, 2.24) is 9.97 Å². The van der Waals surface area contributed by atoms with Crippen LogP contribution in [0.4, 0.5) is 0 Å². The van der Waals surface area contributed by atoms with Crippen LogP contribution in [0.15, 0.2) is 140 Å². The summed E-state index contributed by atoms with van der Waals surface area (Å²) in [6, 6.07) is 40.0. The number of hydrogen-bond acceptors (Lipinski definition) is 6. The van der Waals surface area contributed by atoms with Gasteiger partial charge in [0.25, 0.3) is 0 Å².